The number of hydrogen-bond donors (Lipinski definition) is 1. The van der Waals surface area contributed by atoms with Crippen LogP contribution in [-0.4, -0.2) is 46.9 Å². The molecule has 2 amide bonds. The lowest BCUT2D eigenvalue weighted by Crippen LogP contribution is -2.50. The highest BCUT2D eigenvalue weighted by molar-refractivity contribution is 6.21. The number of nitrogens with zero attached hydrogens (tertiary/aromatic N) is 1. The van der Waals surface area contributed by atoms with Gasteiger partial charge in [-0.1, -0.05) is 13.3 Å². The summed E-state index contributed by atoms with van der Waals surface area (Å²) in [5.74, 6) is -2.25. The Morgan fingerprint density at radius 3 is 2.64 bits per heavy atom. The molecular weight excluding hydrogens is 357 g/mol. The first-order valence-corrected chi connectivity index (χ1v) is 9.40. The first-order chi connectivity index (χ1) is 11.7. The van der Waals surface area contributed by atoms with Crippen LogP contribution in [0.5, 0.6) is 0 Å². The number of nitrogens with one attached hydrogen (secondary N) is 1. The van der Waals surface area contributed by atoms with Gasteiger partial charge >= 0.3 is 6.18 Å². The molecule has 2 aliphatic rings. The maximum atomic E-state index is 13.0. The van der Waals surface area contributed by atoms with Crippen molar-refractivity contribution in [1.29, 1.82) is 0 Å². The number of rotatable bonds is 5. The molecule has 2 fully saturated rings. The van der Waals surface area contributed by atoms with Gasteiger partial charge in [0.2, 0.25) is 11.8 Å². The van der Waals surface area contributed by atoms with Gasteiger partial charge in [0.15, 0.2) is 0 Å². The third-order valence-electron chi connectivity index (χ3n) is 5.51. The van der Waals surface area contributed by atoms with Gasteiger partial charge in [-0.05, 0) is 38.5 Å². The summed E-state index contributed by atoms with van der Waals surface area (Å²) in [6, 6.07) is -0.561. The van der Waals surface area contributed by atoms with Crippen molar-refractivity contribution < 1.29 is 22.8 Å². The molecule has 5 atom stereocenters. The second-order valence-corrected chi connectivity index (χ2v) is 7.65. The zero-order chi connectivity index (χ0) is 18.8. The predicted molar refractivity (Wildman–Crippen MR) is 89.2 cm³/mol. The van der Waals surface area contributed by atoms with Crippen LogP contribution in [0.4, 0.5) is 13.2 Å². The molecule has 0 bridgehead atoms. The highest BCUT2D eigenvalue weighted by Gasteiger charge is 2.48. The van der Waals surface area contributed by atoms with Crippen LogP contribution >= 0.6 is 11.6 Å². The maximum Gasteiger partial charge on any atom is 0.393 e. The standard InChI is InChI=1S/C17H26ClF3N2O2/c1-3-10(2)23-13(7-8-14(23)24)16(25)22-9-11-5-4-6-12(15(11)18)17(19,20)21/h10-13,15H,3-9H2,1-2H3,(H,22,25). The van der Waals surface area contributed by atoms with Crippen molar-refractivity contribution in [2.24, 2.45) is 11.8 Å². The minimum Gasteiger partial charge on any atom is -0.354 e. The summed E-state index contributed by atoms with van der Waals surface area (Å²) in [6.45, 7) is 3.97. The molecule has 0 aromatic heterocycles. The Morgan fingerprint density at radius 1 is 1.36 bits per heavy atom. The molecule has 1 heterocycles. The van der Waals surface area contributed by atoms with Crippen molar-refractivity contribution in [3.63, 3.8) is 0 Å². The van der Waals surface area contributed by atoms with E-state index < -0.39 is 29.4 Å². The van der Waals surface area contributed by atoms with Crippen LogP contribution in [0, 0.1) is 11.8 Å². The summed E-state index contributed by atoms with van der Waals surface area (Å²) in [5.41, 5.74) is 0. The summed E-state index contributed by atoms with van der Waals surface area (Å²) in [4.78, 5) is 26.1. The second-order valence-electron chi connectivity index (χ2n) is 7.14. The van der Waals surface area contributed by atoms with E-state index in [0.29, 0.717) is 25.7 Å². The highest BCUT2D eigenvalue weighted by Crippen LogP contribution is 2.42. The van der Waals surface area contributed by atoms with Gasteiger partial charge in [0.25, 0.3) is 0 Å². The Morgan fingerprint density at radius 2 is 2.04 bits per heavy atom. The molecule has 0 aromatic rings. The number of alkyl halides is 4. The Balaban J connectivity index is 1.94. The van der Waals surface area contributed by atoms with Crippen molar-refractivity contribution in [2.75, 3.05) is 6.54 Å². The third-order valence-corrected chi connectivity index (χ3v) is 6.17. The summed E-state index contributed by atoms with van der Waals surface area (Å²) >= 11 is 6.07. The van der Waals surface area contributed by atoms with E-state index in [-0.39, 0.29) is 30.8 Å². The number of hydrogen-bond acceptors (Lipinski definition) is 2. The van der Waals surface area contributed by atoms with E-state index in [4.69, 9.17) is 11.6 Å². The Hall–Kier alpha value is -0.980. The molecule has 0 radical (unpaired) electrons. The minimum absolute atomic E-state index is 0.0317. The molecule has 0 spiro atoms. The van der Waals surface area contributed by atoms with Crippen molar-refractivity contribution in [1.82, 2.24) is 10.2 Å². The van der Waals surface area contributed by atoms with E-state index in [1.807, 2.05) is 13.8 Å². The van der Waals surface area contributed by atoms with E-state index in [1.54, 1.807) is 4.90 Å². The average Bonchev–Trinajstić information content (AvgIpc) is 2.93. The number of likely N-dealkylation sites (tertiary alicyclic amines) is 1. The molecule has 2 rings (SSSR count). The van der Waals surface area contributed by atoms with Crippen LogP contribution < -0.4 is 5.32 Å². The van der Waals surface area contributed by atoms with Gasteiger partial charge in [-0.3, -0.25) is 9.59 Å². The Kier molecular flexibility index (Phi) is 6.62. The fourth-order valence-electron chi connectivity index (χ4n) is 3.86. The number of amides is 2. The lowest BCUT2D eigenvalue weighted by Gasteiger charge is -2.36. The minimum atomic E-state index is -4.31. The number of carbonyl (C=O) groups excluding carboxylic acids is 2. The van der Waals surface area contributed by atoms with E-state index >= 15 is 0 Å². The smallest absolute Gasteiger partial charge is 0.354 e. The van der Waals surface area contributed by atoms with Crippen LogP contribution in [0.3, 0.4) is 0 Å². The van der Waals surface area contributed by atoms with Crippen LogP contribution in [0.15, 0.2) is 0 Å². The molecule has 0 aromatic carbocycles. The van der Waals surface area contributed by atoms with Gasteiger partial charge in [0, 0.05) is 24.4 Å². The molecule has 1 aliphatic carbocycles. The molecule has 1 saturated heterocycles. The molecular formula is C17H26ClF3N2O2. The quantitative estimate of drug-likeness (QED) is 0.740. The zero-order valence-electron chi connectivity index (χ0n) is 14.6. The first kappa shape index (κ1) is 20.3. The van der Waals surface area contributed by atoms with Crippen LogP contribution in [0.1, 0.15) is 52.4 Å². The van der Waals surface area contributed by atoms with Crippen LogP contribution in [-0.2, 0) is 9.59 Å². The fourth-order valence-corrected chi connectivity index (χ4v) is 4.35. The Bertz CT molecular complexity index is 501. The first-order valence-electron chi connectivity index (χ1n) is 8.96. The van der Waals surface area contributed by atoms with Gasteiger partial charge in [-0.2, -0.15) is 13.2 Å². The molecule has 1 aliphatic heterocycles. The van der Waals surface area contributed by atoms with Crippen molar-refractivity contribution in [3.8, 4) is 0 Å². The lowest BCUT2D eigenvalue weighted by molar-refractivity contribution is -0.184. The Labute approximate surface area is 151 Å². The van der Waals surface area contributed by atoms with Crippen LogP contribution in [0.25, 0.3) is 0 Å². The molecule has 25 heavy (non-hydrogen) atoms. The normalized spacial score (nSPS) is 31.9. The van der Waals surface area contributed by atoms with E-state index in [9.17, 15) is 22.8 Å². The average molecular weight is 383 g/mol. The van der Waals surface area contributed by atoms with E-state index in [0.717, 1.165) is 6.42 Å². The van der Waals surface area contributed by atoms with Crippen LogP contribution in [0.2, 0.25) is 0 Å². The van der Waals surface area contributed by atoms with Gasteiger partial charge in [-0.25, -0.2) is 0 Å². The largest absolute Gasteiger partial charge is 0.393 e. The fraction of sp³-hybridized carbons (Fsp3) is 0.882. The topological polar surface area (TPSA) is 49.4 Å². The summed E-state index contributed by atoms with van der Waals surface area (Å²) in [7, 11) is 0. The molecule has 8 heteroatoms. The third kappa shape index (κ3) is 4.60. The van der Waals surface area contributed by atoms with Crippen molar-refractivity contribution in [2.45, 2.75) is 76.0 Å². The van der Waals surface area contributed by atoms with Crippen molar-refractivity contribution >= 4 is 23.4 Å². The van der Waals surface area contributed by atoms with Gasteiger partial charge < -0.3 is 10.2 Å². The maximum absolute atomic E-state index is 13.0. The van der Waals surface area contributed by atoms with Gasteiger partial charge in [0.1, 0.15) is 6.04 Å². The zero-order valence-corrected chi connectivity index (χ0v) is 15.4. The van der Waals surface area contributed by atoms with E-state index in [1.165, 1.54) is 0 Å². The van der Waals surface area contributed by atoms with Gasteiger partial charge in [-0.15, -0.1) is 11.6 Å². The predicted octanol–water partition coefficient (Wildman–Crippen LogP) is 3.48. The van der Waals surface area contributed by atoms with Gasteiger partial charge in [0.05, 0.1) is 5.92 Å². The number of carbonyl (C=O) groups is 2. The molecule has 144 valence electrons. The molecule has 5 unspecified atom stereocenters. The summed E-state index contributed by atoms with van der Waals surface area (Å²) in [6.07, 6.45) is -1.71. The second kappa shape index (κ2) is 8.14. The SMILES string of the molecule is CCC(C)N1C(=O)CCC1C(=O)NCC1CCCC(C(F)(F)F)C1Cl. The highest BCUT2D eigenvalue weighted by atomic mass is 35.5. The lowest BCUT2D eigenvalue weighted by atomic mass is 9.80. The molecule has 4 nitrogen and oxygen atoms in total. The monoisotopic (exact) mass is 382 g/mol. The van der Waals surface area contributed by atoms with E-state index in [2.05, 4.69) is 5.32 Å². The molecule has 1 N–H and O–H groups in total. The summed E-state index contributed by atoms with van der Waals surface area (Å²) in [5, 5.41) is 1.72. The number of halogens is 4. The molecule has 1 saturated carbocycles. The summed E-state index contributed by atoms with van der Waals surface area (Å²) < 4.78 is 39.0. The van der Waals surface area contributed by atoms with Crippen molar-refractivity contribution in [3.05, 3.63) is 0 Å².